The van der Waals surface area contributed by atoms with E-state index in [-0.39, 0.29) is 0 Å². The normalized spacial score (nSPS) is 13.9. The Morgan fingerprint density at radius 3 is 2.53 bits per heavy atom. The van der Waals surface area contributed by atoms with Crippen LogP contribution in [-0.2, 0) is 0 Å². The van der Waals surface area contributed by atoms with Crippen molar-refractivity contribution in [2.45, 2.75) is 33.7 Å². The van der Waals surface area contributed by atoms with Crippen LogP contribution in [0, 0.1) is 5.41 Å². The van der Waals surface area contributed by atoms with Crippen LogP contribution >= 0.6 is 11.6 Å². The van der Waals surface area contributed by atoms with Crippen molar-refractivity contribution in [3.63, 3.8) is 0 Å². The summed E-state index contributed by atoms with van der Waals surface area (Å²) in [7, 11) is 0. The van der Waals surface area contributed by atoms with Crippen LogP contribution in [0.2, 0.25) is 5.02 Å². The molecule has 1 aromatic rings. The molecule has 1 aromatic carbocycles. The molecular formula is C13H20ClN. The number of nitrogens with one attached hydrogen (secondary N) is 1. The van der Waals surface area contributed by atoms with E-state index in [4.69, 9.17) is 11.6 Å². The summed E-state index contributed by atoms with van der Waals surface area (Å²) in [6.45, 7) is 9.85. The van der Waals surface area contributed by atoms with E-state index in [2.05, 4.69) is 39.1 Å². The smallest absolute Gasteiger partial charge is 0.0409 e. The first-order valence-corrected chi connectivity index (χ1v) is 5.75. The lowest BCUT2D eigenvalue weighted by Crippen LogP contribution is -2.29. The van der Waals surface area contributed by atoms with E-state index in [0.717, 1.165) is 11.6 Å². The summed E-state index contributed by atoms with van der Waals surface area (Å²) in [4.78, 5) is 0. The minimum Gasteiger partial charge on any atom is -0.310 e. The fourth-order valence-electron chi connectivity index (χ4n) is 1.35. The van der Waals surface area contributed by atoms with E-state index < -0.39 is 0 Å². The van der Waals surface area contributed by atoms with Crippen LogP contribution in [0.25, 0.3) is 0 Å². The third kappa shape index (κ3) is 4.67. The summed E-state index contributed by atoms with van der Waals surface area (Å²) >= 11 is 5.95. The monoisotopic (exact) mass is 225 g/mol. The van der Waals surface area contributed by atoms with Crippen LogP contribution in [0.3, 0.4) is 0 Å². The zero-order valence-electron chi connectivity index (χ0n) is 9.97. The highest BCUT2D eigenvalue weighted by Gasteiger charge is 2.12. The second-order valence-corrected chi connectivity index (χ2v) is 5.65. The van der Waals surface area contributed by atoms with Gasteiger partial charge in [0.15, 0.2) is 0 Å². The number of halogens is 1. The van der Waals surface area contributed by atoms with E-state index in [1.54, 1.807) is 0 Å². The highest BCUT2D eigenvalue weighted by molar-refractivity contribution is 6.30. The molecule has 0 aliphatic heterocycles. The van der Waals surface area contributed by atoms with Crippen molar-refractivity contribution in [2.75, 3.05) is 6.54 Å². The summed E-state index contributed by atoms with van der Waals surface area (Å²) in [6, 6.07) is 8.37. The van der Waals surface area contributed by atoms with Gasteiger partial charge in [0.2, 0.25) is 0 Å². The van der Waals surface area contributed by atoms with Gasteiger partial charge in [-0.25, -0.2) is 0 Å². The summed E-state index contributed by atoms with van der Waals surface area (Å²) < 4.78 is 0. The molecule has 0 spiro atoms. The first kappa shape index (κ1) is 12.5. The number of rotatable bonds is 3. The molecule has 0 aliphatic rings. The molecule has 15 heavy (non-hydrogen) atoms. The molecule has 1 rings (SSSR count). The van der Waals surface area contributed by atoms with Gasteiger partial charge in [-0.05, 0) is 30.0 Å². The van der Waals surface area contributed by atoms with Gasteiger partial charge in [0, 0.05) is 17.6 Å². The Morgan fingerprint density at radius 1 is 1.33 bits per heavy atom. The van der Waals surface area contributed by atoms with Crippen LogP contribution < -0.4 is 5.32 Å². The lowest BCUT2D eigenvalue weighted by atomic mass is 9.96. The number of benzene rings is 1. The van der Waals surface area contributed by atoms with Crippen molar-refractivity contribution in [2.24, 2.45) is 5.41 Å². The standard InChI is InChI=1S/C13H20ClN/c1-10(15-9-13(2,3)4)11-6-5-7-12(14)8-11/h5-8,10,15H,9H2,1-4H3/t10-/m0/s1. The van der Waals surface area contributed by atoms with Crippen LogP contribution in [0.5, 0.6) is 0 Å². The Labute approximate surface area is 97.8 Å². The van der Waals surface area contributed by atoms with Crippen molar-refractivity contribution in [1.29, 1.82) is 0 Å². The minimum absolute atomic E-state index is 0.312. The molecule has 0 unspecified atom stereocenters. The van der Waals surface area contributed by atoms with Gasteiger partial charge < -0.3 is 5.32 Å². The Bertz CT molecular complexity index is 315. The molecule has 2 heteroatoms. The largest absolute Gasteiger partial charge is 0.310 e. The van der Waals surface area contributed by atoms with Gasteiger partial charge in [-0.15, -0.1) is 0 Å². The Balaban J connectivity index is 2.58. The fraction of sp³-hybridized carbons (Fsp3) is 0.538. The summed E-state index contributed by atoms with van der Waals surface area (Å²) in [5.74, 6) is 0. The molecule has 1 atom stereocenters. The van der Waals surface area contributed by atoms with Gasteiger partial charge in [-0.2, -0.15) is 0 Å². The van der Waals surface area contributed by atoms with Gasteiger partial charge in [0.05, 0.1) is 0 Å². The van der Waals surface area contributed by atoms with E-state index >= 15 is 0 Å². The SMILES string of the molecule is C[C@H](NCC(C)(C)C)c1cccc(Cl)c1. The third-order valence-corrected chi connectivity index (χ3v) is 2.52. The molecule has 0 heterocycles. The highest BCUT2D eigenvalue weighted by atomic mass is 35.5. The molecule has 1 N–H and O–H groups in total. The summed E-state index contributed by atoms with van der Waals surface area (Å²) in [5.41, 5.74) is 1.55. The predicted octanol–water partition coefficient (Wildman–Crippen LogP) is 4.04. The average molecular weight is 226 g/mol. The minimum atomic E-state index is 0.312. The molecule has 0 radical (unpaired) electrons. The van der Waals surface area contributed by atoms with Crippen LogP contribution in [0.15, 0.2) is 24.3 Å². The van der Waals surface area contributed by atoms with Gasteiger partial charge in [-0.1, -0.05) is 44.5 Å². The lowest BCUT2D eigenvalue weighted by molar-refractivity contribution is 0.359. The van der Waals surface area contributed by atoms with E-state index in [1.807, 2.05) is 18.2 Å². The quantitative estimate of drug-likeness (QED) is 0.819. The number of hydrogen-bond donors (Lipinski definition) is 1. The molecule has 0 amide bonds. The zero-order valence-corrected chi connectivity index (χ0v) is 10.7. The summed E-state index contributed by atoms with van der Waals surface area (Å²) in [5, 5.41) is 4.31. The topological polar surface area (TPSA) is 12.0 Å². The Kier molecular flexibility index (Phi) is 4.18. The van der Waals surface area contributed by atoms with Crippen LogP contribution in [0.1, 0.15) is 39.3 Å². The fourth-order valence-corrected chi connectivity index (χ4v) is 1.55. The second kappa shape index (κ2) is 5.00. The first-order valence-electron chi connectivity index (χ1n) is 5.37. The maximum absolute atomic E-state index is 5.95. The van der Waals surface area contributed by atoms with Crippen molar-refractivity contribution >= 4 is 11.6 Å². The molecule has 0 aliphatic carbocycles. The second-order valence-electron chi connectivity index (χ2n) is 5.22. The van der Waals surface area contributed by atoms with Crippen molar-refractivity contribution < 1.29 is 0 Å². The van der Waals surface area contributed by atoms with Crippen molar-refractivity contribution in [3.8, 4) is 0 Å². The van der Waals surface area contributed by atoms with Gasteiger partial charge in [0.1, 0.15) is 0 Å². The predicted molar refractivity (Wildman–Crippen MR) is 67.3 cm³/mol. The zero-order chi connectivity index (χ0) is 11.5. The molecule has 0 saturated carbocycles. The van der Waals surface area contributed by atoms with Gasteiger partial charge in [-0.3, -0.25) is 0 Å². The molecule has 1 nitrogen and oxygen atoms in total. The average Bonchev–Trinajstić information content (AvgIpc) is 2.13. The Morgan fingerprint density at radius 2 is 2.00 bits per heavy atom. The van der Waals surface area contributed by atoms with Crippen LogP contribution in [-0.4, -0.2) is 6.54 Å². The summed E-state index contributed by atoms with van der Waals surface area (Å²) in [6.07, 6.45) is 0. The maximum atomic E-state index is 5.95. The van der Waals surface area contributed by atoms with Crippen molar-refractivity contribution in [1.82, 2.24) is 5.32 Å². The molecular weight excluding hydrogens is 206 g/mol. The molecule has 84 valence electrons. The highest BCUT2D eigenvalue weighted by Crippen LogP contribution is 2.19. The molecule has 0 bridgehead atoms. The van der Waals surface area contributed by atoms with E-state index in [0.29, 0.717) is 11.5 Å². The van der Waals surface area contributed by atoms with Gasteiger partial charge >= 0.3 is 0 Å². The van der Waals surface area contributed by atoms with Gasteiger partial charge in [0.25, 0.3) is 0 Å². The molecule has 0 aromatic heterocycles. The van der Waals surface area contributed by atoms with Crippen molar-refractivity contribution in [3.05, 3.63) is 34.9 Å². The van der Waals surface area contributed by atoms with E-state index in [9.17, 15) is 0 Å². The first-order chi connectivity index (χ1) is 6.88. The Hall–Kier alpha value is -0.530. The third-order valence-electron chi connectivity index (χ3n) is 2.29. The molecule has 0 fully saturated rings. The lowest BCUT2D eigenvalue weighted by Gasteiger charge is -2.23. The van der Waals surface area contributed by atoms with Crippen LogP contribution in [0.4, 0.5) is 0 Å². The van der Waals surface area contributed by atoms with E-state index in [1.165, 1.54) is 5.56 Å². The molecule has 0 saturated heterocycles. The maximum Gasteiger partial charge on any atom is 0.0409 e. The number of hydrogen-bond acceptors (Lipinski definition) is 1.